The normalized spacial score (nSPS) is 17.5. The lowest BCUT2D eigenvalue weighted by molar-refractivity contribution is -0.132. The van der Waals surface area contributed by atoms with Crippen molar-refractivity contribution in [3.05, 3.63) is 51.5 Å². The molecule has 3 rings (SSSR count). The first-order valence-corrected chi connectivity index (χ1v) is 9.22. The Morgan fingerprint density at radius 1 is 1.42 bits per heavy atom. The highest BCUT2D eigenvalue weighted by Gasteiger charge is 2.26. The van der Waals surface area contributed by atoms with Crippen LogP contribution in [0.4, 0.5) is 0 Å². The number of benzene rings is 1. The molecule has 0 radical (unpaired) electrons. The fourth-order valence-corrected chi connectivity index (χ4v) is 4.05. The molecule has 0 spiro atoms. The minimum atomic E-state index is 0.220. The summed E-state index contributed by atoms with van der Waals surface area (Å²) < 4.78 is 0. The van der Waals surface area contributed by atoms with E-state index in [1.54, 1.807) is 11.3 Å². The van der Waals surface area contributed by atoms with E-state index in [1.165, 1.54) is 0 Å². The van der Waals surface area contributed by atoms with E-state index < -0.39 is 0 Å². The van der Waals surface area contributed by atoms with Crippen LogP contribution in [0.3, 0.4) is 0 Å². The van der Waals surface area contributed by atoms with Crippen LogP contribution >= 0.6 is 11.3 Å². The van der Waals surface area contributed by atoms with Crippen molar-refractivity contribution in [2.45, 2.75) is 38.5 Å². The minimum Gasteiger partial charge on any atom is -0.342 e. The van der Waals surface area contributed by atoms with Crippen LogP contribution < -0.4 is 0 Å². The van der Waals surface area contributed by atoms with Gasteiger partial charge in [0.1, 0.15) is 0 Å². The highest BCUT2D eigenvalue weighted by molar-refractivity contribution is 7.09. The van der Waals surface area contributed by atoms with Crippen LogP contribution in [-0.2, 0) is 11.2 Å². The molecule has 1 amide bonds. The molecule has 0 aliphatic carbocycles. The van der Waals surface area contributed by atoms with Gasteiger partial charge in [0.15, 0.2) is 0 Å². The van der Waals surface area contributed by atoms with Crippen LogP contribution in [0.2, 0.25) is 0 Å². The highest BCUT2D eigenvalue weighted by Crippen LogP contribution is 2.29. The summed E-state index contributed by atoms with van der Waals surface area (Å²) in [6.07, 6.45) is 3.41. The number of amides is 1. The maximum atomic E-state index is 12.5. The lowest BCUT2D eigenvalue weighted by atomic mass is 9.98. The monoisotopic (exact) mass is 339 g/mol. The zero-order valence-corrected chi connectivity index (χ0v) is 14.7. The number of carbonyl (C=O) groups excluding carboxylic acids is 1. The number of nitriles is 1. The first kappa shape index (κ1) is 16.7. The van der Waals surface area contributed by atoms with Crippen molar-refractivity contribution in [2.24, 2.45) is 0 Å². The molecule has 0 N–H and O–H groups in total. The Balaban J connectivity index is 1.55. The Hall–Kier alpha value is -2.19. The quantitative estimate of drug-likeness (QED) is 0.854. The number of nitrogens with zero attached hydrogens (tertiary/aromatic N) is 3. The third-order valence-corrected chi connectivity index (χ3v) is 5.60. The number of aromatic nitrogens is 1. The number of aryl methyl sites for hydroxylation is 2. The molecule has 1 atom stereocenters. The number of hydrogen-bond donors (Lipinski definition) is 0. The fourth-order valence-electron chi connectivity index (χ4n) is 3.12. The average molecular weight is 339 g/mol. The van der Waals surface area contributed by atoms with Gasteiger partial charge < -0.3 is 4.90 Å². The summed E-state index contributed by atoms with van der Waals surface area (Å²) in [4.78, 5) is 19.1. The zero-order valence-electron chi connectivity index (χ0n) is 13.9. The summed E-state index contributed by atoms with van der Waals surface area (Å²) in [7, 11) is 0. The Bertz CT molecular complexity index is 745. The summed E-state index contributed by atoms with van der Waals surface area (Å²) in [6.45, 7) is 3.66. The van der Waals surface area contributed by atoms with Gasteiger partial charge in [0.2, 0.25) is 5.91 Å². The van der Waals surface area contributed by atoms with Crippen molar-refractivity contribution in [1.82, 2.24) is 9.88 Å². The maximum absolute atomic E-state index is 12.5. The number of likely N-dealkylation sites (tertiary alicyclic amines) is 1. The molecule has 24 heavy (non-hydrogen) atoms. The second kappa shape index (κ2) is 7.59. The third kappa shape index (κ3) is 4.01. The van der Waals surface area contributed by atoms with E-state index in [-0.39, 0.29) is 5.91 Å². The molecule has 124 valence electrons. The Labute approximate surface area is 146 Å². The smallest absolute Gasteiger partial charge is 0.222 e. The van der Waals surface area contributed by atoms with Crippen LogP contribution in [0.1, 0.15) is 47.0 Å². The Morgan fingerprint density at radius 2 is 2.21 bits per heavy atom. The highest BCUT2D eigenvalue weighted by atomic mass is 32.1. The zero-order chi connectivity index (χ0) is 16.9. The molecule has 1 aliphatic rings. The largest absolute Gasteiger partial charge is 0.342 e. The second-order valence-electron chi connectivity index (χ2n) is 6.31. The van der Waals surface area contributed by atoms with E-state index in [9.17, 15) is 4.79 Å². The topological polar surface area (TPSA) is 57.0 Å². The van der Waals surface area contributed by atoms with Gasteiger partial charge in [0.05, 0.1) is 16.6 Å². The molecule has 1 unspecified atom stereocenters. The second-order valence-corrected chi connectivity index (χ2v) is 7.20. The van der Waals surface area contributed by atoms with Crippen molar-refractivity contribution < 1.29 is 4.79 Å². The van der Waals surface area contributed by atoms with Gasteiger partial charge >= 0.3 is 0 Å². The number of thiazole rings is 1. The molecule has 1 aliphatic heterocycles. The Kier molecular flexibility index (Phi) is 5.27. The predicted octanol–water partition coefficient (Wildman–Crippen LogP) is 3.66. The lowest BCUT2D eigenvalue weighted by Crippen LogP contribution is -2.39. The van der Waals surface area contributed by atoms with Crippen molar-refractivity contribution in [3.8, 4) is 6.07 Å². The summed E-state index contributed by atoms with van der Waals surface area (Å²) in [6, 6.07) is 9.59. The Morgan fingerprint density at radius 3 is 2.88 bits per heavy atom. The molecule has 2 heterocycles. The van der Waals surface area contributed by atoms with Crippen molar-refractivity contribution >= 4 is 17.2 Å². The van der Waals surface area contributed by atoms with Gasteiger partial charge in [0.25, 0.3) is 0 Å². The van der Waals surface area contributed by atoms with Crippen molar-refractivity contribution in [1.29, 1.82) is 5.26 Å². The van der Waals surface area contributed by atoms with Gasteiger partial charge in [-0.25, -0.2) is 4.98 Å². The van der Waals surface area contributed by atoms with Gasteiger partial charge in [0, 0.05) is 36.5 Å². The number of hydrogen-bond acceptors (Lipinski definition) is 4. The van der Waals surface area contributed by atoms with Crippen LogP contribution in [-0.4, -0.2) is 28.9 Å². The maximum Gasteiger partial charge on any atom is 0.222 e. The van der Waals surface area contributed by atoms with Gasteiger partial charge in [-0.05, 0) is 43.9 Å². The third-order valence-electron chi connectivity index (χ3n) is 4.47. The molecule has 1 saturated heterocycles. The molecule has 1 fully saturated rings. The van der Waals surface area contributed by atoms with Crippen LogP contribution in [0.25, 0.3) is 0 Å². The van der Waals surface area contributed by atoms with E-state index in [0.717, 1.165) is 48.6 Å². The van der Waals surface area contributed by atoms with Gasteiger partial charge in [-0.3, -0.25) is 4.79 Å². The van der Waals surface area contributed by atoms with Crippen molar-refractivity contribution in [2.75, 3.05) is 13.1 Å². The van der Waals surface area contributed by atoms with Crippen molar-refractivity contribution in [3.63, 3.8) is 0 Å². The summed E-state index contributed by atoms with van der Waals surface area (Å²) >= 11 is 1.71. The van der Waals surface area contributed by atoms with E-state index in [0.29, 0.717) is 17.9 Å². The molecule has 5 heteroatoms. The lowest BCUT2D eigenvalue weighted by Gasteiger charge is -2.32. The minimum absolute atomic E-state index is 0.220. The standard InChI is InChI=1S/C19H21N3OS/c1-14-13-24-19(21-14)17-3-2-10-22(12-17)18(23)9-8-15-4-6-16(11-20)7-5-15/h4-7,13,17H,2-3,8-10,12H2,1H3. The molecule has 1 aromatic carbocycles. The SMILES string of the molecule is Cc1csc(C2CCCN(C(=O)CCc3ccc(C#N)cc3)C2)n1. The van der Waals surface area contributed by atoms with E-state index in [2.05, 4.69) is 16.4 Å². The average Bonchev–Trinajstić information content (AvgIpc) is 3.06. The summed E-state index contributed by atoms with van der Waals surface area (Å²) in [5.41, 5.74) is 2.83. The van der Waals surface area contributed by atoms with E-state index >= 15 is 0 Å². The molecule has 0 saturated carbocycles. The van der Waals surface area contributed by atoms with Gasteiger partial charge in [-0.2, -0.15) is 5.26 Å². The number of piperidine rings is 1. The fraction of sp³-hybridized carbons (Fsp3) is 0.421. The summed E-state index contributed by atoms with van der Waals surface area (Å²) in [5.74, 6) is 0.605. The van der Waals surface area contributed by atoms with Gasteiger partial charge in [-0.1, -0.05) is 12.1 Å². The predicted molar refractivity (Wildman–Crippen MR) is 94.9 cm³/mol. The first-order valence-electron chi connectivity index (χ1n) is 8.34. The first-order chi connectivity index (χ1) is 11.7. The molecule has 4 nitrogen and oxygen atoms in total. The van der Waals surface area contributed by atoms with E-state index in [4.69, 9.17) is 5.26 Å². The molecular weight excluding hydrogens is 318 g/mol. The van der Waals surface area contributed by atoms with Gasteiger partial charge in [-0.15, -0.1) is 11.3 Å². The van der Waals surface area contributed by atoms with Crippen LogP contribution in [0.5, 0.6) is 0 Å². The number of carbonyl (C=O) groups is 1. The molecular formula is C19H21N3OS. The van der Waals surface area contributed by atoms with Crippen LogP contribution in [0.15, 0.2) is 29.6 Å². The summed E-state index contributed by atoms with van der Waals surface area (Å²) in [5, 5.41) is 12.1. The number of rotatable bonds is 4. The molecule has 0 bridgehead atoms. The molecule has 2 aromatic rings. The molecule has 1 aromatic heterocycles. The van der Waals surface area contributed by atoms with E-state index in [1.807, 2.05) is 36.1 Å². The van der Waals surface area contributed by atoms with Crippen LogP contribution in [0, 0.1) is 18.3 Å².